The highest BCUT2D eigenvalue weighted by atomic mass is 32.2. The molecule has 11 amide bonds. The van der Waals surface area contributed by atoms with Gasteiger partial charge in [0, 0.05) is 19.0 Å². The van der Waals surface area contributed by atoms with Crippen LogP contribution in [0.2, 0.25) is 0 Å². The highest BCUT2D eigenvalue weighted by Gasteiger charge is 2.40. The van der Waals surface area contributed by atoms with Crippen molar-refractivity contribution in [2.75, 3.05) is 38.7 Å². The molecule has 31 nitrogen and oxygen atoms in total. The van der Waals surface area contributed by atoms with Crippen LogP contribution in [-0.2, 0) is 74.0 Å². The summed E-state index contributed by atoms with van der Waals surface area (Å²) < 4.78 is 61.6. The van der Waals surface area contributed by atoms with Gasteiger partial charge in [-0.2, -0.15) is 17.5 Å². The zero-order valence-electron chi connectivity index (χ0n) is 52.9. The van der Waals surface area contributed by atoms with Crippen LogP contribution in [0.5, 0.6) is 0 Å². The van der Waals surface area contributed by atoms with Gasteiger partial charge < -0.3 is 85.9 Å². The van der Waals surface area contributed by atoms with E-state index in [9.17, 15) is 89.6 Å². The van der Waals surface area contributed by atoms with Crippen molar-refractivity contribution in [1.29, 1.82) is 0 Å². The van der Waals surface area contributed by atoms with E-state index in [0.29, 0.717) is 24.8 Å². The van der Waals surface area contributed by atoms with Crippen molar-refractivity contribution in [2.24, 2.45) is 34.8 Å². The third-order valence-electron chi connectivity index (χ3n) is 14.0. The average Bonchev–Trinajstić information content (AvgIpc) is 0.833. The Morgan fingerprint density at radius 3 is 1.52 bits per heavy atom. The Hall–Kier alpha value is -7.60. The molecule has 0 fully saturated rings. The fraction of sp³-hybridized carbons (Fsp3) is 0.684. The number of unbranched alkanes of at least 4 members (excludes halogenated alkanes) is 9. The lowest BCUT2D eigenvalue weighted by Crippen LogP contribution is -2.60. The maximum absolute atomic E-state index is 14.5. The number of amides is 11. The van der Waals surface area contributed by atoms with E-state index in [0.717, 1.165) is 49.3 Å². The number of hydrogen-bond donors (Lipinski definition) is 16. The van der Waals surface area contributed by atoms with Crippen LogP contribution in [0, 0.1) is 11.8 Å². The van der Waals surface area contributed by atoms with E-state index in [1.54, 1.807) is 58.0 Å². The molecule has 0 saturated carbocycles. The predicted molar refractivity (Wildman–Crippen MR) is 327 cm³/mol. The first-order valence-corrected chi connectivity index (χ1v) is 31.8. The van der Waals surface area contributed by atoms with Gasteiger partial charge in [0.1, 0.15) is 48.3 Å². The number of primary amides is 3. The topological polar surface area (TPSA) is 523 Å². The quantitative estimate of drug-likeness (QED) is 0.0288. The minimum absolute atomic E-state index is 0.101. The van der Waals surface area contributed by atoms with Gasteiger partial charge in [-0.05, 0) is 37.2 Å². The van der Waals surface area contributed by atoms with Gasteiger partial charge in [0.15, 0.2) is 0 Å². The number of rotatable bonds is 45. The largest absolute Gasteiger partial charge is 0.490 e. The number of carboxylic acids is 1. The van der Waals surface area contributed by atoms with Gasteiger partial charge in [-0.15, -0.1) is 0 Å². The van der Waals surface area contributed by atoms with E-state index in [2.05, 4.69) is 49.5 Å². The number of alkyl halides is 3. The van der Waals surface area contributed by atoms with Crippen molar-refractivity contribution >= 4 is 81.0 Å². The Labute approximate surface area is 533 Å². The predicted octanol–water partition coefficient (Wildman–Crippen LogP) is -3.05. The van der Waals surface area contributed by atoms with Crippen molar-refractivity contribution in [3.05, 3.63) is 35.9 Å². The summed E-state index contributed by atoms with van der Waals surface area (Å²) >= 11 is 0. The lowest BCUT2D eigenvalue weighted by atomic mass is 9.97. The van der Waals surface area contributed by atoms with Gasteiger partial charge >= 0.3 is 12.1 Å². The van der Waals surface area contributed by atoms with Crippen LogP contribution >= 0.6 is 0 Å². The molecule has 0 aromatic heterocycles. The van der Waals surface area contributed by atoms with Gasteiger partial charge in [-0.1, -0.05) is 129 Å². The minimum atomic E-state index is -5.08. The van der Waals surface area contributed by atoms with Gasteiger partial charge in [-0.3, -0.25) is 52.7 Å². The molecule has 0 aliphatic heterocycles. The molecule has 0 radical (unpaired) electrons. The maximum atomic E-state index is 14.5. The van der Waals surface area contributed by atoms with Crippen LogP contribution in [0.15, 0.2) is 30.3 Å². The zero-order chi connectivity index (χ0) is 70.5. The maximum Gasteiger partial charge on any atom is 0.490 e. The summed E-state index contributed by atoms with van der Waals surface area (Å²) in [5, 5.41) is 55.7. The van der Waals surface area contributed by atoms with Crippen molar-refractivity contribution in [1.82, 2.24) is 46.8 Å². The number of nitrogens with one attached hydrogen (secondary N) is 8. The summed E-state index contributed by atoms with van der Waals surface area (Å²) in [6.07, 6.45) is 2.76. The molecule has 0 unspecified atom stereocenters. The summed E-state index contributed by atoms with van der Waals surface area (Å²) in [5.74, 6) is -15.5. The molecule has 20 N–H and O–H groups in total. The van der Waals surface area contributed by atoms with Crippen LogP contribution in [0.4, 0.5) is 13.2 Å². The Bertz CT molecular complexity index is 2660. The van der Waals surface area contributed by atoms with E-state index >= 15 is 0 Å². The molecule has 0 aliphatic carbocycles. The zero-order valence-corrected chi connectivity index (χ0v) is 53.7. The number of carbonyl (C=O) groups is 12. The van der Waals surface area contributed by atoms with Crippen LogP contribution < -0.4 is 65.5 Å². The van der Waals surface area contributed by atoms with Gasteiger partial charge in [0.05, 0.1) is 45.0 Å². The SMILES string of the molecule is CCCCCCCCCCCCN([C@@H](CO)C(=O)N[C@@H](CO)C(N)=O)S(=O)(=O)C[C@H](CC(C)C)NC(=O)[C@@H](NC(=O)[C@H](C)NC(=O)CNC(=O)[C@H](Cc1ccccc1)NC(=O)[C@H](CC(N)=O)NC(=O)[C@H](CC(N)=O)NC(=O)[C@@H](N)CO)[C@@H](C)CC.O=C(O)C(F)(F)F. The Kier molecular flexibility index (Phi) is 40.4. The van der Waals surface area contributed by atoms with E-state index in [4.69, 9.17) is 32.8 Å². The molecular weight excluding hydrogens is 1240 g/mol. The molecule has 35 heteroatoms. The van der Waals surface area contributed by atoms with Crippen LogP contribution in [0.25, 0.3) is 0 Å². The average molecular weight is 1340 g/mol. The van der Waals surface area contributed by atoms with Crippen LogP contribution in [0.1, 0.15) is 137 Å². The molecule has 0 spiro atoms. The molecule has 1 aromatic carbocycles. The first-order valence-electron chi connectivity index (χ1n) is 30.2. The van der Waals surface area contributed by atoms with Crippen LogP contribution in [0.3, 0.4) is 0 Å². The molecule has 0 saturated heterocycles. The Morgan fingerprint density at radius 1 is 0.587 bits per heavy atom. The Balaban J connectivity index is 0.0000111. The number of nitrogens with zero attached hydrogens (tertiary/aromatic N) is 1. The van der Waals surface area contributed by atoms with Crippen molar-refractivity contribution in [3.63, 3.8) is 0 Å². The summed E-state index contributed by atoms with van der Waals surface area (Å²) in [5.41, 5.74) is 22.0. The van der Waals surface area contributed by atoms with Crippen molar-refractivity contribution in [3.8, 4) is 0 Å². The smallest absolute Gasteiger partial charge is 0.475 e. The number of sulfonamides is 1. The second kappa shape index (κ2) is 44.0. The molecule has 1 aromatic rings. The number of carbonyl (C=O) groups excluding carboxylic acids is 11. The van der Waals surface area contributed by atoms with Gasteiger partial charge in [0.25, 0.3) is 0 Å². The molecule has 1 rings (SSSR count). The number of hydrogen-bond acceptors (Lipinski definition) is 18. The van der Waals surface area contributed by atoms with Crippen molar-refractivity contribution in [2.45, 2.75) is 198 Å². The normalized spacial score (nSPS) is 14.7. The van der Waals surface area contributed by atoms with E-state index in [1.807, 2.05) is 0 Å². The second-order valence-electron chi connectivity index (χ2n) is 22.4. The van der Waals surface area contributed by atoms with E-state index in [-0.39, 0.29) is 25.3 Å². The molecule has 0 heterocycles. The highest BCUT2D eigenvalue weighted by molar-refractivity contribution is 7.89. The van der Waals surface area contributed by atoms with Gasteiger partial charge in [-0.25, -0.2) is 13.2 Å². The summed E-state index contributed by atoms with van der Waals surface area (Å²) in [4.78, 5) is 153. The summed E-state index contributed by atoms with van der Waals surface area (Å²) in [6.45, 7) is 6.72. The number of carboxylic acid groups (broad SMARTS) is 1. The number of halogens is 3. The third kappa shape index (κ3) is 34.2. The standard InChI is InChI=1S/C55H95N13O16S.C2HF3O2/c1-7-9-10-11-12-13-14-15-16-20-23-68(43(31-71)54(81)66-42(30-70)48(59)75)85(83,84)32-37(24-33(3)4)62-55(82)47(34(5)8-2)67-49(76)35(6)61-46(74)28-60-51(78)39(25-36-21-18-17-19-22-36)64-53(80)41(27-45(58)73)65-52(79)40(26-44(57)72)63-50(77)38(56)29-69;3-2(4,5)1(6)7/h17-19,21-22,33-35,37-43,47,69-71H,7-16,20,23-32,56H2,1-6H3,(H2,57,72)(H2,58,73)(H2,59,75)(H,60,78)(H,61,74)(H,62,82)(H,63,77)(H,64,80)(H,65,79)(H,66,81)(H,67,76);(H,6,7)/t34-,35-,37-,38-,39-,40-,41-,42-,43-,47-;/m0./s1. The first-order chi connectivity index (χ1) is 43.0. The molecule has 0 bridgehead atoms. The second-order valence-corrected chi connectivity index (χ2v) is 24.4. The molecular formula is C57H96F3N13O18S. The molecule has 10 atom stereocenters. The van der Waals surface area contributed by atoms with Gasteiger partial charge in [0.2, 0.25) is 75.0 Å². The molecule has 92 heavy (non-hydrogen) atoms. The highest BCUT2D eigenvalue weighted by Crippen LogP contribution is 2.19. The summed E-state index contributed by atoms with van der Waals surface area (Å²) in [6, 6.07) is -5.41. The third-order valence-corrected chi connectivity index (χ3v) is 16.0. The molecule has 524 valence electrons. The fourth-order valence-corrected chi connectivity index (χ4v) is 10.7. The molecule has 0 aliphatic rings. The van der Waals surface area contributed by atoms with Crippen LogP contribution in [-0.4, -0.2) is 203 Å². The lowest BCUT2D eigenvalue weighted by molar-refractivity contribution is -0.192. The summed E-state index contributed by atoms with van der Waals surface area (Å²) in [7, 11) is -4.54. The number of aliphatic hydroxyl groups excluding tert-OH is 3. The van der Waals surface area contributed by atoms with Crippen molar-refractivity contribution < 1.29 is 99.5 Å². The number of benzene rings is 1. The van der Waals surface area contributed by atoms with E-state index in [1.165, 1.54) is 13.3 Å². The monoisotopic (exact) mass is 1340 g/mol. The van der Waals surface area contributed by atoms with E-state index < -0.39 is 192 Å². The Morgan fingerprint density at radius 2 is 1.08 bits per heavy atom. The number of aliphatic hydroxyl groups is 3. The fourth-order valence-electron chi connectivity index (χ4n) is 8.82. The first kappa shape index (κ1) is 84.4. The number of nitrogens with two attached hydrogens (primary N) is 4. The minimum Gasteiger partial charge on any atom is -0.475 e. The lowest BCUT2D eigenvalue weighted by Gasteiger charge is -2.32. The number of aliphatic carboxylic acids is 1.